The van der Waals surface area contributed by atoms with Gasteiger partial charge in [-0.25, -0.2) is 9.37 Å². The second-order valence-corrected chi connectivity index (χ2v) is 4.76. The van der Waals surface area contributed by atoms with Crippen molar-refractivity contribution >= 4 is 43.0 Å². The Hall–Kier alpha value is -0.690. The predicted molar refractivity (Wildman–Crippen MR) is 77.5 cm³/mol. The second kappa shape index (κ2) is 7.19. The van der Waals surface area contributed by atoms with Crippen LogP contribution in [0.1, 0.15) is 12.8 Å². The van der Waals surface area contributed by atoms with Crippen molar-refractivity contribution in [3.05, 3.63) is 0 Å². The third kappa shape index (κ3) is 3.66. The third-order valence-electron chi connectivity index (χ3n) is 3.50. The monoisotopic (exact) mass is 311 g/mol. The number of imide groups is 1. The molecule has 8 heteroatoms. The van der Waals surface area contributed by atoms with E-state index in [1.165, 1.54) is 16.5 Å². The number of piperidine rings is 1. The summed E-state index contributed by atoms with van der Waals surface area (Å²) in [6.07, 6.45) is 3.50. The first-order valence-corrected chi connectivity index (χ1v) is 5.89. The van der Waals surface area contributed by atoms with Crippen LogP contribution < -0.4 is 5.73 Å². The number of carbonyl (C=O) groups is 2. The lowest BCUT2D eigenvalue weighted by Gasteiger charge is -2.34. The van der Waals surface area contributed by atoms with Crippen molar-refractivity contribution in [1.82, 2.24) is 9.80 Å². The summed E-state index contributed by atoms with van der Waals surface area (Å²) in [6.45, 7) is 1.62. The largest absolute Gasteiger partial charge is 0.500 e. The Labute approximate surface area is 125 Å². The van der Waals surface area contributed by atoms with E-state index in [-0.39, 0.29) is 48.8 Å². The van der Waals surface area contributed by atoms with Gasteiger partial charge < -0.3 is 5.73 Å². The number of carbonyl (C=O) groups excluding carboxylic acids is 2. The molecule has 2 heterocycles. The molecule has 110 valence electrons. The van der Waals surface area contributed by atoms with Gasteiger partial charge in [-0.1, -0.05) is 0 Å². The van der Waals surface area contributed by atoms with Crippen LogP contribution in [0.4, 0.5) is 4.79 Å². The van der Waals surface area contributed by atoms with Gasteiger partial charge in [-0.15, -0.1) is 24.8 Å². The van der Waals surface area contributed by atoms with Crippen LogP contribution in [0, 0.1) is 0 Å². The average Bonchev–Trinajstić information content (AvgIpc) is 2.32. The van der Waals surface area contributed by atoms with Crippen molar-refractivity contribution < 1.29 is 14.2 Å². The van der Waals surface area contributed by atoms with Crippen molar-refractivity contribution in [2.45, 2.75) is 24.9 Å². The van der Waals surface area contributed by atoms with Crippen LogP contribution in [0.15, 0.2) is 0 Å². The lowest BCUT2D eigenvalue weighted by atomic mass is 10.0. The molecule has 0 saturated carbocycles. The van der Waals surface area contributed by atoms with Gasteiger partial charge in [0.1, 0.15) is 6.21 Å². The number of hydrogen-bond donors (Lipinski definition) is 1. The highest BCUT2D eigenvalue weighted by Crippen LogP contribution is 2.14. The van der Waals surface area contributed by atoms with Gasteiger partial charge in [0.05, 0.1) is 14.1 Å². The second-order valence-electron chi connectivity index (χ2n) is 4.76. The van der Waals surface area contributed by atoms with Crippen LogP contribution in [-0.2, 0) is 4.79 Å². The molecule has 2 N–H and O–H groups in total. The molecule has 0 aromatic carbocycles. The molecular formula is C11H21Cl2N4O2+. The average molecular weight is 312 g/mol. The lowest BCUT2D eigenvalue weighted by Crippen LogP contribution is -2.59. The van der Waals surface area contributed by atoms with Gasteiger partial charge in [-0.05, 0) is 12.8 Å². The smallest absolute Gasteiger partial charge is 0.328 e. The number of nitrogens with two attached hydrogens (primary N) is 1. The van der Waals surface area contributed by atoms with Crippen molar-refractivity contribution in [2.75, 3.05) is 27.2 Å². The fraction of sp³-hybridized carbons (Fsp3) is 0.727. The van der Waals surface area contributed by atoms with E-state index in [0.717, 1.165) is 25.9 Å². The third-order valence-corrected chi connectivity index (χ3v) is 3.50. The number of urea groups is 1. The van der Waals surface area contributed by atoms with Gasteiger partial charge in [0.2, 0.25) is 0 Å². The Morgan fingerprint density at radius 1 is 1.26 bits per heavy atom. The lowest BCUT2D eigenvalue weighted by molar-refractivity contribution is -0.401. The molecule has 1 unspecified atom stereocenters. The summed E-state index contributed by atoms with van der Waals surface area (Å²) >= 11 is 0. The molecule has 0 aromatic heterocycles. The van der Waals surface area contributed by atoms with Crippen molar-refractivity contribution in [1.29, 1.82) is 0 Å². The number of nitrogens with zero attached hydrogens (tertiary/aromatic N) is 3. The van der Waals surface area contributed by atoms with Crippen LogP contribution in [0.25, 0.3) is 0 Å². The molecule has 1 saturated heterocycles. The standard InChI is InChI=1S/C11H19N4O2.2ClH/c1-13-7-9(10(16)14(2)11(13)17)15-5-3-8(12)4-6-15;;/h7-9H,3-6,12H2,1-2H3;2*1H/q+1;;. The molecular weight excluding hydrogens is 291 g/mol. The van der Waals surface area contributed by atoms with Gasteiger partial charge in [-0.2, -0.15) is 9.69 Å². The summed E-state index contributed by atoms with van der Waals surface area (Å²) in [6, 6.07) is -0.364. The van der Waals surface area contributed by atoms with Gasteiger partial charge in [0, 0.05) is 19.1 Å². The zero-order chi connectivity index (χ0) is 12.6. The predicted octanol–water partition coefficient (Wildman–Crippen LogP) is -0.0732. The Balaban J connectivity index is 0.00000162. The highest BCUT2D eigenvalue weighted by Gasteiger charge is 2.42. The van der Waals surface area contributed by atoms with E-state index < -0.39 is 0 Å². The Morgan fingerprint density at radius 2 is 1.79 bits per heavy atom. The molecule has 0 aromatic rings. The first kappa shape index (κ1) is 18.3. The Kier molecular flexibility index (Phi) is 6.93. The Morgan fingerprint density at radius 3 is 2.32 bits per heavy atom. The summed E-state index contributed by atoms with van der Waals surface area (Å²) in [5.41, 5.74) is 5.84. The quantitative estimate of drug-likeness (QED) is 0.688. The first-order valence-electron chi connectivity index (χ1n) is 5.89. The number of amides is 3. The molecule has 2 rings (SSSR count). The normalized spacial score (nSPS) is 25.5. The van der Waals surface area contributed by atoms with E-state index in [2.05, 4.69) is 4.90 Å². The van der Waals surface area contributed by atoms with Gasteiger partial charge in [0.25, 0.3) is 0 Å². The maximum Gasteiger partial charge on any atom is 0.500 e. The van der Waals surface area contributed by atoms with E-state index >= 15 is 0 Å². The van der Waals surface area contributed by atoms with E-state index in [4.69, 9.17) is 5.73 Å². The van der Waals surface area contributed by atoms with Crippen molar-refractivity contribution in [3.8, 4) is 0 Å². The van der Waals surface area contributed by atoms with Crippen LogP contribution in [0.2, 0.25) is 0 Å². The zero-order valence-electron chi connectivity index (χ0n) is 11.1. The summed E-state index contributed by atoms with van der Waals surface area (Å²) in [4.78, 5) is 26.9. The van der Waals surface area contributed by atoms with Crippen LogP contribution in [-0.4, -0.2) is 71.8 Å². The molecule has 2 aliphatic heterocycles. The number of hydrogen-bond acceptors (Lipinski definition) is 4. The van der Waals surface area contributed by atoms with Crippen LogP contribution in [0.5, 0.6) is 0 Å². The number of rotatable bonds is 1. The molecule has 2 aliphatic rings. The maximum absolute atomic E-state index is 12.0. The van der Waals surface area contributed by atoms with Gasteiger partial charge in [0.15, 0.2) is 6.04 Å². The summed E-state index contributed by atoms with van der Waals surface area (Å²) < 4.78 is 1.47. The highest BCUT2D eigenvalue weighted by molar-refractivity contribution is 6.06. The molecule has 0 aliphatic carbocycles. The molecule has 6 nitrogen and oxygen atoms in total. The van der Waals surface area contributed by atoms with Crippen LogP contribution in [0.3, 0.4) is 0 Å². The van der Waals surface area contributed by atoms with Gasteiger partial charge in [-0.3, -0.25) is 4.90 Å². The molecule has 0 radical (unpaired) electrons. The fourth-order valence-corrected chi connectivity index (χ4v) is 2.32. The van der Waals surface area contributed by atoms with Crippen molar-refractivity contribution in [3.63, 3.8) is 0 Å². The molecule has 3 amide bonds. The SMILES string of the molecule is CN1C(=O)C(N2CCC(N)CC2)C=[N+](C)C1=O.Cl.Cl. The minimum atomic E-state index is -0.324. The van der Waals surface area contributed by atoms with Crippen LogP contribution >= 0.6 is 24.8 Å². The summed E-state index contributed by atoms with van der Waals surface area (Å²) in [5, 5.41) is 0. The summed E-state index contributed by atoms with van der Waals surface area (Å²) in [5.74, 6) is -0.149. The molecule has 0 spiro atoms. The van der Waals surface area contributed by atoms with E-state index in [1.54, 1.807) is 13.3 Å². The minimum absolute atomic E-state index is 0. The summed E-state index contributed by atoms with van der Waals surface area (Å²) in [7, 11) is 3.20. The van der Waals surface area contributed by atoms with E-state index in [0.29, 0.717) is 0 Å². The minimum Gasteiger partial charge on any atom is -0.328 e. The fourth-order valence-electron chi connectivity index (χ4n) is 2.32. The molecule has 1 fully saturated rings. The van der Waals surface area contributed by atoms with E-state index in [1.807, 2.05) is 0 Å². The maximum atomic E-state index is 12.0. The van der Waals surface area contributed by atoms with Crippen molar-refractivity contribution in [2.24, 2.45) is 5.73 Å². The highest BCUT2D eigenvalue weighted by atomic mass is 35.5. The zero-order valence-corrected chi connectivity index (χ0v) is 12.7. The van der Waals surface area contributed by atoms with Gasteiger partial charge >= 0.3 is 11.9 Å². The topological polar surface area (TPSA) is 69.7 Å². The molecule has 1 atom stereocenters. The number of halogens is 2. The molecule has 0 bridgehead atoms. The number of likely N-dealkylation sites (tertiary alicyclic amines) is 1. The van der Waals surface area contributed by atoms with E-state index in [9.17, 15) is 9.59 Å². The molecule has 19 heavy (non-hydrogen) atoms. The Bertz CT molecular complexity index is 381. The first-order chi connectivity index (χ1) is 8.00. The number of likely N-dealkylation sites (N-methyl/N-ethyl adjacent to an activating group) is 1.